The number of imide groups is 1. The SMILES string of the molecule is COc1cc2cc(c1Cl)N(C)C(=O)C[C@H](OC(=O)[C@H](C)N(C)C(=O)CCSSCCCN1C(=O)C=CC1=O)[C@]1(C)O[C@H]1[C@H](C)[C@@H]1C[C@@](O)(NC(=O)O1)[C@H](OC)/C=C/C=C(\C)C2. The maximum atomic E-state index is 14.2. The van der Waals surface area contributed by atoms with Crippen molar-refractivity contribution >= 4 is 74.6 Å². The summed E-state index contributed by atoms with van der Waals surface area (Å²) in [6.07, 6.45) is 3.94. The number of hydrogen-bond donors (Lipinski definition) is 2. The molecule has 2 fully saturated rings. The van der Waals surface area contributed by atoms with Crippen LogP contribution in [0, 0.1) is 5.92 Å². The number of amides is 5. The van der Waals surface area contributed by atoms with Gasteiger partial charge in [0.25, 0.3) is 11.8 Å². The van der Waals surface area contributed by atoms with E-state index in [4.69, 9.17) is 35.3 Å². The zero-order chi connectivity index (χ0) is 44.8. The summed E-state index contributed by atoms with van der Waals surface area (Å²) in [4.78, 5) is 81.6. The van der Waals surface area contributed by atoms with Crippen LogP contribution in [-0.4, -0.2) is 139 Å². The third kappa shape index (κ3) is 11.3. The zero-order valence-electron chi connectivity index (χ0n) is 35.6. The van der Waals surface area contributed by atoms with Crippen molar-refractivity contribution in [2.75, 3.05) is 51.3 Å². The topological polar surface area (TPSA) is 194 Å². The fourth-order valence-electron chi connectivity index (χ4n) is 7.57. The number of halogens is 1. The largest absolute Gasteiger partial charge is 0.495 e. The van der Waals surface area contributed by atoms with E-state index in [0.29, 0.717) is 42.3 Å². The van der Waals surface area contributed by atoms with Crippen LogP contribution in [0.25, 0.3) is 0 Å². The highest BCUT2D eigenvalue weighted by Gasteiger charge is 2.64. The number of carbonyl (C=O) groups excluding carboxylic acids is 6. The lowest BCUT2D eigenvalue weighted by molar-refractivity contribution is -0.162. The molecule has 0 radical (unpaired) electrons. The van der Waals surface area contributed by atoms with Crippen molar-refractivity contribution in [3.05, 3.63) is 58.7 Å². The molecule has 0 aromatic heterocycles. The average molecular weight is 908 g/mol. The maximum absolute atomic E-state index is 14.2. The van der Waals surface area contributed by atoms with Gasteiger partial charge < -0.3 is 38.6 Å². The average Bonchev–Trinajstić information content (AvgIpc) is 3.82. The third-order valence-corrected chi connectivity index (χ3v) is 14.4. The van der Waals surface area contributed by atoms with E-state index in [1.54, 1.807) is 45.2 Å². The molecule has 4 aliphatic heterocycles. The van der Waals surface area contributed by atoms with Gasteiger partial charge in [-0.15, -0.1) is 0 Å². The standard InChI is InChI=1S/C42H55ClN4O12S2/c1-24-11-9-12-31(56-8)42(54)23-30(57-40(53)44-42)25(2)38-41(4,59-38)32(22-36(51)46(6)28-20-27(19-24)21-29(55-7)37(28)43)58-39(52)26(3)45(5)33(48)15-18-61-60-17-10-16-47-34(49)13-14-35(47)50/h9,11-14,20-21,25-26,30-32,38,54H,10,15-19,22-23H2,1-8H3,(H,44,53)/b12-9+,24-11+/t25-,26+,30+,31-,32+,38+,41+,42+/m1/s1. The first-order valence-corrected chi connectivity index (χ1v) is 22.8. The molecule has 0 spiro atoms. The maximum Gasteiger partial charge on any atom is 0.409 e. The number of esters is 1. The van der Waals surface area contributed by atoms with E-state index in [-0.39, 0.29) is 42.0 Å². The fraction of sp³-hybridized carbons (Fsp3) is 0.571. The van der Waals surface area contributed by atoms with E-state index in [2.05, 4.69) is 5.32 Å². The summed E-state index contributed by atoms with van der Waals surface area (Å²) in [6, 6.07) is 2.52. The van der Waals surface area contributed by atoms with Gasteiger partial charge >= 0.3 is 12.1 Å². The monoisotopic (exact) mass is 906 g/mol. The Kier molecular flexibility index (Phi) is 16.1. The molecule has 2 saturated heterocycles. The number of nitrogens with zero attached hydrogens (tertiary/aromatic N) is 3. The fourth-order valence-corrected chi connectivity index (χ4v) is 9.94. The van der Waals surface area contributed by atoms with Crippen LogP contribution < -0.4 is 15.0 Å². The number of alkyl carbamates (subject to hydrolysis) is 1. The van der Waals surface area contributed by atoms with Gasteiger partial charge in [-0.3, -0.25) is 29.4 Å². The lowest BCUT2D eigenvalue weighted by Crippen LogP contribution is -2.63. The van der Waals surface area contributed by atoms with Gasteiger partial charge in [0.15, 0.2) is 5.72 Å². The lowest BCUT2D eigenvalue weighted by atomic mass is 9.83. The Morgan fingerprint density at radius 2 is 1.82 bits per heavy atom. The molecule has 0 aliphatic carbocycles. The minimum atomic E-state index is -1.85. The quantitative estimate of drug-likeness (QED) is 0.0917. The van der Waals surface area contributed by atoms with E-state index in [1.807, 2.05) is 13.0 Å². The Bertz CT molecular complexity index is 1950. The number of epoxide rings is 1. The molecule has 19 heteroatoms. The molecule has 8 atom stereocenters. The minimum absolute atomic E-state index is 0.0727. The van der Waals surface area contributed by atoms with Crippen molar-refractivity contribution in [1.29, 1.82) is 0 Å². The van der Waals surface area contributed by atoms with Crippen LogP contribution in [-0.2, 0) is 49.3 Å². The molecular formula is C42H55ClN4O12S2. The van der Waals surface area contributed by atoms with E-state index in [1.165, 1.54) is 76.6 Å². The highest BCUT2D eigenvalue weighted by Crippen LogP contribution is 2.49. The molecule has 1 aromatic carbocycles. The number of anilines is 1. The summed E-state index contributed by atoms with van der Waals surface area (Å²) >= 11 is 6.78. The molecular weight excluding hydrogens is 852 g/mol. The van der Waals surface area contributed by atoms with Crippen molar-refractivity contribution < 1.29 is 57.6 Å². The number of aliphatic hydroxyl groups is 1. The van der Waals surface area contributed by atoms with Gasteiger partial charge in [-0.2, -0.15) is 0 Å². The number of likely N-dealkylation sites (N-methyl/N-ethyl adjacent to an activating group) is 1. The molecule has 16 nitrogen and oxygen atoms in total. The highest BCUT2D eigenvalue weighted by molar-refractivity contribution is 8.76. The van der Waals surface area contributed by atoms with E-state index in [0.717, 1.165) is 11.1 Å². The second kappa shape index (κ2) is 20.4. The van der Waals surface area contributed by atoms with Gasteiger partial charge in [0.1, 0.15) is 40.7 Å². The molecule has 4 aliphatic rings. The number of nitrogens with one attached hydrogen (secondary N) is 1. The highest BCUT2D eigenvalue weighted by atomic mass is 35.5. The normalized spacial score (nSPS) is 29.8. The van der Waals surface area contributed by atoms with Crippen molar-refractivity contribution in [3.63, 3.8) is 0 Å². The molecule has 5 rings (SSSR count). The van der Waals surface area contributed by atoms with Crippen molar-refractivity contribution in [1.82, 2.24) is 15.1 Å². The van der Waals surface area contributed by atoms with Crippen LogP contribution in [0.1, 0.15) is 58.9 Å². The Morgan fingerprint density at radius 3 is 2.49 bits per heavy atom. The Morgan fingerprint density at radius 1 is 1.13 bits per heavy atom. The number of allylic oxidation sites excluding steroid dienone is 3. The second-order valence-corrected chi connectivity index (χ2v) is 18.9. The Balaban J connectivity index is 1.33. The van der Waals surface area contributed by atoms with E-state index < -0.39 is 65.7 Å². The van der Waals surface area contributed by atoms with Gasteiger partial charge in [-0.05, 0) is 51.3 Å². The molecule has 1 aromatic rings. The molecule has 61 heavy (non-hydrogen) atoms. The molecule has 4 heterocycles. The second-order valence-electron chi connectivity index (χ2n) is 15.8. The first-order valence-electron chi connectivity index (χ1n) is 20.0. The smallest absolute Gasteiger partial charge is 0.409 e. The van der Waals surface area contributed by atoms with Gasteiger partial charge in [-0.25, -0.2) is 9.59 Å². The predicted octanol–water partition coefficient (Wildman–Crippen LogP) is 4.60. The van der Waals surface area contributed by atoms with Crippen molar-refractivity contribution in [2.45, 2.75) is 102 Å². The van der Waals surface area contributed by atoms with E-state index in [9.17, 15) is 33.9 Å². The molecule has 5 amide bonds. The Hall–Kier alpha value is -4.07. The lowest BCUT2D eigenvalue weighted by Gasteiger charge is -2.42. The first kappa shape index (κ1) is 48.0. The van der Waals surface area contributed by atoms with Crippen LogP contribution in [0.4, 0.5) is 10.5 Å². The molecule has 0 saturated carbocycles. The zero-order valence-corrected chi connectivity index (χ0v) is 38.0. The summed E-state index contributed by atoms with van der Waals surface area (Å²) < 4.78 is 29.3. The van der Waals surface area contributed by atoms with Gasteiger partial charge in [0.05, 0.1) is 25.3 Å². The van der Waals surface area contributed by atoms with E-state index >= 15 is 0 Å². The number of carbonyl (C=O) groups is 6. The number of methoxy groups -OCH3 is 2. The van der Waals surface area contributed by atoms with Gasteiger partial charge in [0.2, 0.25) is 11.8 Å². The first-order chi connectivity index (χ1) is 28.8. The summed E-state index contributed by atoms with van der Waals surface area (Å²) in [7, 11) is 8.96. The molecule has 2 N–H and O–H groups in total. The minimum Gasteiger partial charge on any atom is -0.495 e. The molecule has 4 bridgehead atoms. The molecule has 0 unspecified atom stereocenters. The van der Waals surface area contributed by atoms with Crippen LogP contribution in [0.3, 0.4) is 0 Å². The van der Waals surface area contributed by atoms with Crippen LogP contribution in [0.5, 0.6) is 5.75 Å². The number of benzene rings is 1. The number of fused-ring (bicyclic) bond motifs is 5. The van der Waals surface area contributed by atoms with Gasteiger partial charge in [-0.1, -0.05) is 63.9 Å². The van der Waals surface area contributed by atoms with Crippen LogP contribution in [0.15, 0.2) is 48.1 Å². The number of hydrogen-bond acceptors (Lipinski definition) is 14. The van der Waals surface area contributed by atoms with Crippen LogP contribution >= 0.6 is 33.2 Å². The number of ether oxygens (including phenoxy) is 5. The predicted molar refractivity (Wildman–Crippen MR) is 231 cm³/mol. The summed E-state index contributed by atoms with van der Waals surface area (Å²) in [5.74, 6) is -1.24. The van der Waals surface area contributed by atoms with Crippen molar-refractivity contribution in [2.24, 2.45) is 5.92 Å². The number of rotatable bonds is 13. The Labute approximate surface area is 369 Å². The summed E-state index contributed by atoms with van der Waals surface area (Å²) in [5, 5.41) is 14.5. The molecule has 334 valence electrons. The third-order valence-electron chi connectivity index (χ3n) is 11.5. The summed E-state index contributed by atoms with van der Waals surface area (Å²) in [6.45, 7) is 7.26. The summed E-state index contributed by atoms with van der Waals surface area (Å²) in [5.41, 5.74) is -1.03. The van der Waals surface area contributed by atoms with Crippen LogP contribution in [0.2, 0.25) is 5.02 Å². The van der Waals surface area contributed by atoms with Gasteiger partial charge in [0, 0.05) is 70.2 Å². The van der Waals surface area contributed by atoms with Crippen molar-refractivity contribution in [3.8, 4) is 5.75 Å².